The van der Waals surface area contributed by atoms with Gasteiger partial charge >= 0.3 is 11.9 Å². The van der Waals surface area contributed by atoms with Gasteiger partial charge in [-0.15, -0.1) is 0 Å². The fraction of sp³-hybridized carbons (Fsp3) is 0.500. The van der Waals surface area contributed by atoms with E-state index in [0.717, 1.165) is 0 Å². The number of hydrogen-bond donors (Lipinski definition) is 0. The Hall–Kier alpha value is -3.28. The van der Waals surface area contributed by atoms with Gasteiger partial charge < -0.3 is 9.47 Å². The van der Waals surface area contributed by atoms with Gasteiger partial charge in [0.05, 0.1) is 31.3 Å². The Bertz CT molecular complexity index is 888. The Labute approximate surface area is 168 Å². The van der Waals surface area contributed by atoms with Crippen LogP contribution in [-0.2, 0) is 19.1 Å². The molecule has 0 aromatic heterocycles. The summed E-state index contributed by atoms with van der Waals surface area (Å²) >= 11 is 0. The van der Waals surface area contributed by atoms with Gasteiger partial charge in [0, 0.05) is 23.8 Å². The number of aliphatic imine (C=N–C) groups is 1. The SMILES string of the molecule is COC(=O)C1C(C)=NCC(C#N)(C(=O)OCC(C)C)C1c1cccc([N+](=O)[O-])c1. The molecule has 1 aromatic carbocycles. The number of nitrogens with zero attached hydrogens (tertiary/aromatic N) is 3. The van der Waals surface area contributed by atoms with Crippen LogP contribution in [0.25, 0.3) is 0 Å². The molecule has 0 radical (unpaired) electrons. The number of rotatable bonds is 6. The van der Waals surface area contributed by atoms with Crippen LogP contribution < -0.4 is 0 Å². The fourth-order valence-electron chi connectivity index (χ4n) is 3.43. The topological polar surface area (TPSA) is 132 Å². The molecule has 0 fully saturated rings. The lowest BCUT2D eigenvalue weighted by molar-refractivity contribution is -0.385. The van der Waals surface area contributed by atoms with Gasteiger partial charge in [-0.05, 0) is 18.4 Å². The summed E-state index contributed by atoms with van der Waals surface area (Å²) in [5.74, 6) is -3.55. The van der Waals surface area contributed by atoms with Crippen molar-refractivity contribution in [2.24, 2.45) is 22.2 Å². The third-order valence-corrected chi connectivity index (χ3v) is 4.90. The molecule has 1 aliphatic heterocycles. The first-order valence-electron chi connectivity index (χ1n) is 9.09. The van der Waals surface area contributed by atoms with Gasteiger partial charge in [-0.1, -0.05) is 26.0 Å². The van der Waals surface area contributed by atoms with E-state index in [9.17, 15) is 25.0 Å². The number of nitro groups is 1. The fourth-order valence-corrected chi connectivity index (χ4v) is 3.43. The van der Waals surface area contributed by atoms with Crippen LogP contribution in [0.2, 0.25) is 0 Å². The zero-order chi connectivity index (χ0) is 21.8. The highest BCUT2D eigenvalue weighted by Crippen LogP contribution is 2.47. The van der Waals surface area contributed by atoms with E-state index in [1.807, 2.05) is 19.9 Å². The summed E-state index contributed by atoms with van der Waals surface area (Å²) in [4.78, 5) is 40.5. The van der Waals surface area contributed by atoms with Gasteiger partial charge in [-0.2, -0.15) is 5.26 Å². The molecular weight excluding hydrogens is 378 g/mol. The molecule has 0 bridgehead atoms. The van der Waals surface area contributed by atoms with Crippen molar-refractivity contribution in [3.63, 3.8) is 0 Å². The molecule has 0 amide bonds. The monoisotopic (exact) mass is 401 g/mol. The number of hydrogen-bond acceptors (Lipinski definition) is 8. The molecule has 1 heterocycles. The van der Waals surface area contributed by atoms with Crippen LogP contribution in [0.3, 0.4) is 0 Å². The molecule has 154 valence electrons. The van der Waals surface area contributed by atoms with Gasteiger partial charge in [0.15, 0.2) is 5.41 Å². The Morgan fingerprint density at radius 1 is 1.45 bits per heavy atom. The molecule has 1 aromatic rings. The second-order valence-electron chi connectivity index (χ2n) is 7.36. The number of nitriles is 1. The number of carbonyl (C=O) groups is 2. The number of esters is 2. The first-order valence-corrected chi connectivity index (χ1v) is 9.09. The Morgan fingerprint density at radius 3 is 2.69 bits per heavy atom. The van der Waals surface area contributed by atoms with Crippen molar-refractivity contribution < 1.29 is 24.0 Å². The zero-order valence-electron chi connectivity index (χ0n) is 16.7. The average Bonchev–Trinajstić information content (AvgIpc) is 2.71. The van der Waals surface area contributed by atoms with E-state index >= 15 is 0 Å². The standard InChI is InChI=1S/C20H23N3O6/c1-12(2)9-29-19(25)20(10-21)11-22-13(3)16(18(24)28-4)17(20)14-6-5-7-15(8-14)23(26)27/h5-8,12,16-17H,9,11H2,1-4H3. The summed E-state index contributed by atoms with van der Waals surface area (Å²) < 4.78 is 10.2. The molecule has 3 atom stereocenters. The Morgan fingerprint density at radius 2 is 2.14 bits per heavy atom. The molecule has 0 aliphatic carbocycles. The van der Waals surface area contributed by atoms with E-state index in [2.05, 4.69) is 4.99 Å². The van der Waals surface area contributed by atoms with E-state index < -0.39 is 34.1 Å². The van der Waals surface area contributed by atoms with Crippen LogP contribution in [0, 0.1) is 38.7 Å². The van der Waals surface area contributed by atoms with Crippen molar-refractivity contribution in [2.45, 2.75) is 26.7 Å². The number of carbonyl (C=O) groups excluding carboxylic acids is 2. The van der Waals surface area contributed by atoms with Crippen molar-refractivity contribution in [3.8, 4) is 6.07 Å². The maximum Gasteiger partial charge on any atom is 0.329 e. The lowest BCUT2D eigenvalue weighted by Crippen LogP contribution is -2.50. The molecule has 0 spiro atoms. The van der Waals surface area contributed by atoms with Crippen LogP contribution in [0.4, 0.5) is 5.69 Å². The van der Waals surface area contributed by atoms with Crippen LogP contribution in [-0.4, -0.2) is 42.8 Å². The molecular formula is C20H23N3O6. The average molecular weight is 401 g/mol. The second kappa shape index (κ2) is 8.82. The van der Waals surface area contributed by atoms with Crippen LogP contribution in [0.1, 0.15) is 32.3 Å². The molecule has 0 N–H and O–H groups in total. The van der Waals surface area contributed by atoms with Gasteiger partial charge in [0.25, 0.3) is 5.69 Å². The molecule has 2 rings (SSSR count). The zero-order valence-corrected chi connectivity index (χ0v) is 16.7. The van der Waals surface area contributed by atoms with E-state index in [1.165, 1.54) is 25.3 Å². The normalized spacial score (nSPS) is 23.7. The van der Waals surface area contributed by atoms with Gasteiger partial charge in [0.2, 0.25) is 0 Å². The quantitative estimate of drug-likeness (QED) is 0.406. The minimum Gasteiger partial charge on any atom is -0.468 e. The first-order chi connectivity index (χ1) is 13.7. The number of ether oxygens (including phenoxy) is 2. The molecule has 0 saturated heterocycles. The molecule has 29 heavy (non-hydrogen) atoms. The highest BCUT2D eigenvalue weighted by atomic mass is 16.6. The largest absolute Gasteiger partial charge is 0.468 e. The summed E-state index contributed by atoms with van der Waals surface area (Å²) in [5.41, 5.74) is -1.35. The summed E-state index contributed by atoms with van der Waals surface area (Å²) in [6, 6.07) is 7.57. The van der Waals surface area contributed by atoms with E-state index in [1.54, 1.807) is 13.0 Å². The first kappa shape index (κ1) is 22.0. The number of non-ortho nitro benzene ring substituents is 1. The summed E-state index contributed by atoms with van der Waals surface area (Å²) in [5, 5.41) is 21.3. The van der Waals surface area contributed by atoms with Crippen molar-refractivity contribution in [2.75, 3.05) is 20.3 Å². The van der Waals surface area contributed by atoms with Crippen molar-refractivity contribution in [3.05, 3.63) is 39.9 Å². The molecule has 3 unspecified atom stereocenters. The van der Waals surface area contributed by atoms with Crippen molar-refractivity contribution >= 4 is 23.3 Å². The van der Waals surface area contributed by atoms with Gasteiger partial charge in [0.1, 0.15) is 5.92 Å². The van der Waals surface area contributed by atoms with Crippen molar-refractivity contribution in [1.29, 1.82) is 5.26 Å². The maximum absolute atomic E-state index is 13.0. The van der Waals surface area contributed by atoms with Crippen LogP contribution in [0.15, 0.2) is 29.3 Å². The highest BCUT2D eigenvalue weighted by molar-refractivity contribution is 6.04. The van der Waals surface area contributed by atoms with Gasteiger partial charge in [-0.3, -0.25) is 24.7 Å². The summed E-state index contributed by atoms with van der Waals surface area (Å²) in [7, 11) is 1.19. The van der Waals surface area contributed by atoms with Gasteiger partial charge in [-0.25, -0.2) is 0 Å². The van der Waals surface area contributed by atoms with Crippen LogP contribution >= 0.6 is 0 Å². The predicted octanol–water partition coefficient (Wildman–Crippen LogP) is 2.65. The second-order valence-corrected chi connectivity index (χ2v) is 7.36. The van der Waals surface area contributed by atoms with E-state index in [-0.39, 0.29) is 24.8 Å². The third kappa shape index (κ3) is 4.26. The highest BCUT2D eigenvalue weighted by Gasteiger charge is 2.57. The molecule has 0 saturated carbocycles. The van der Waals surface area contributed by atoms with Crippen LogP contribution in [0.5, 0.6) is 0 Å². The molecule has 1 aliphatic rings. The maximum atomic E-state index is 13.0. The Balaban J connectivity index is 2.69. The van der Waals surface area contributed by atoms with Crippen molar-refractivity contribution in [1.82, 2.24) is 0 Å². The lowest BCUT2D eigenvalue weighted by atomic mass is 9.63. The number of benzene rings is 1. The number of nitro benzene ring substituents is 1. The van der Waals surface area contributed by atoms with E-state index in [4.69, 9.17) is 9.47 Å². The molecule has 9 heteroatoms. The predicted molar refractivity (Wildman–Crippen MR) is 103 cm³/mol. The third-order valence-electron chi connectivity index (χ3n) is 4.90. The summed E-state index contributed by atoms with van der Waals surface area (Å²) in [6.07, 6.45) is 0. The lowest BCUT2D eigenvalue weighted by Gasteiger charge is -2.39. The smallest absolute Gasteiger partial charge is 0.329 e. The number of methoxy groups -OCH3 is 1. The Kier molecular flexibility index (Phi) is 6.69. The summed E-state index contributed by atoms with van der Waals surface area (Å²) in [6.45, 7) is 5.19. The van der Waals surface area contributed by atoms with E-state index in [0.29, 0.717) is 11.3 Å². The molecule has 9 nitrogen and oxygen atoms in total. The minimum atomic E-state index is -1.82. The minimum absolute atomic E-state index is 0.0381.